The number of benzene rings is 2. The Labute approximate surface area is 148 Å². The number of piperazine rings is 1. The van der Waals surface area contributed by atoms with E-state index in [9.17, 15) is 13.2 Å². The molecule has 0 amide bonds. The molecule has 6 heteroatoms. The summed E-state index contributed by atoms with van der Waals surface area (Å²) in [4.78, 5) is 13.8. The maximum absolute atomic E-state index is 13.2. The predicted molar refractivity (Wildman–Crippen MR) is 97.0 cm³/mol. The third kappa shape index (κ3) is 3.66. The van der Waals surface area contributed by atoms with E-state index in [1.807, 2.05) is 37.4 Å². The zero-order chi connectivity index (χ0) is 18.0. The van der Waals surface area contributed by atoms with Crippen LogP contribution in [0.2, 0.25) is 0 Å². The molecule has 0 aromatic heterocycles. The molecule has 0 radical (unpaired) electrons. The maximum atomic E-state index is 13.2. The third-order valence-corrected chi connectivity index (χ3v) is 6.51. The number of carbonyl (C=O) groups is 1. The molecule has 0 N–H and O–H groups in total. The smallest absolute Gasteiger partial charge is 0.243 e. The number of ketones is 1. The molecule has 1 aliphatic rings. The molecule has 5 nitrogen and oxygen atoms in total. The van der Waals surface area contributed by atoms with Gasteiger partial charge in [-0.2, -0.15) is 4.31 Å². The van der Waals surface area contributed by atoms with E-state index in [0.717, 1.165) is 5.56 Å². The van der Waals surface area contributed by atoms with E-state index in [0.29, 0.717) is 25.2 Å². The molecule has 0 saturated carbocycles. The van der Waals surface area contributed by atoms with Gasteiger partial charge >= 0.3 is 0 Å². The largest absolute Gasteiger partial charge is 0.303 e. The van der Waals surface area contributed by atoms with Gasteiger partial charge in [0.15, 0.2) is 5.78 Å². The first kappa shape index (κ1) is 17.8. The molecule has 0 aliphatic carbocycles. The molecule has 25 heavy (non-hydrogen) atoms. The zero-order valence-corrected chi connectivity index (χ0v) is 15.2. The van der Waals surface area contributed by atoms with Gasteiger partial charge in [0.2, 0.25) is 10.0 Å². The minimum atomic E-state index is -3.63. The maximum Gasteiger partial charge on any atom is 0.243 e. The van der Waals surface area contributed by atoms with Crippen molar-refractivity contribution in [3.63, 3.8) is 0 Å². The summed E-state index contributed by atoms with van der Waals surface area (Å²) in [6.07, 6.45) is 0. The van der Waals surface area contributed by atoms with Crippen molar-refractivity contribution in [3.8, 4) is 0 Å². The number of carbonyl (C=O) groups excluding carboxylic acids is 1. The van der Waals surface area contributed by atoms with Crippen molar-refractivity contribution in [2.75, 3.05) is 26.7 Å². The standard InChI is InChI=1S/C19H22N2O3S/c1-15(22)16-8-10-18(11-9-16)25(23,24)21-13-12-20(2)14-19(21)17-6-4-3-5-7-17/h3-11,19H,12-14H2,1-2H3/t19-/m1/s1. The van der Waals surface area contributed by atoms with Crippen molar-refractivity contribution in [1.29, 1.82) is 0 Å². The van der Waals surface area contributed by atoms with Gasteiger partial charge in [-0.1, -0.05) is 42.5 Å². The lowest BCUT2D eigenvalue weighted by Gasteiger charge is -2.39. The molecule has 1 heterocycles. The predicted octanol–water partition coefficient (Wildman–Crippen LogP) is 2.57. The van der Waals surface area contributed by atoms with Crippen LogP contribution in [-0.4, -0.2) is 50.1 Å². The summed E-state index contributed by atoms with van der Waals surface area (Å²) in [6.45, 7) is 3.24. The molecule has 1 saturated heterocycles. The van der Waals surface area contributed by atoms with E-state index in [1.165, 1.54) is 19.1 Å². The highest BCUT2D eigenvalue weighted by atomic mass is 32.2. The normalized spacial score (nSPS) is 19.7. The molecule has 0 bridgehead atoms. The number of likely N-dealkylation sites (N-methyl/N-ethyl adjacent to an activating group) is 1. The first-order chi connectivity index (χ1) is 11.9. The number of hydrogen-bond donors (Lipinski definition) is 0. The lowest BCUT2D eigenvalue weighted by molar-refractivity contribution is 0.101. The summed E-state index contributed by atoms with van der Waals surface area (Å²) in [5.74, 6) is -0.0780. The molecule has 1 aliphatic heterocycles. The number of rotatable bonds is 4. The highest BCUT2D eigenvalue weighted by Crippen LogP contribution is 2.30. The van der Waals surface area contributed by atoms with E-state index in [4.69, 9.17) is 0 Å². The fraction of sp³-hybridized carbons (Fsp3) is 0.316. The second-order valence-corrected chi connectivity index (χ2v) is 8.28. The van der Waals surface area contributed by atoms with E-state index in [-0.39, 0.29) is 16.7 Å². The Morgan fingerprint density at radius 1 is 1.00 bits per heavy atom. The van der Waals surface area contributed by atoms with Crippen molar-refractivity contribution in [3.05, 3.63) is 65.7 Å². The number of hydrogen-bond acceptors (Lipinski definition) is 4. The van der Waals surface area contributed by atoms with Crippen molar-refractivity contribution in [2.24, 2.45) is 0 Å². The van der Waals surface area contributed by atoms with Gasteiger partial charge in [0.25, 0.3) is 0 Å². The minimum Gasteiger partial charge on any atom is -0.303 e. The number of nitrogens with zero attached hydrogens (tertiary/aromatic N) is 2. The van der Waals surface area contributed by atoms with E-state index in [1.54, 1.807) is 16.4 Å². The molecule has 0 unspecified atom stereocenters. The summed E-state index contributed by atoms with van der Waals surface area (Å²) >= 11 is 0. The minimum absolute atomic E-state index is 0.0780. The van der Waals surface area contributed by atoms with Gasteiger partial charge in [-0.05, 0) is 31.7 Å². The van der Waals surface area contributed by atoms with Gasteiger partial charge in [-0.25, -0.2) is 8.42 Å². The Hall–Kier alpha value is -2.02. The summed E-state index contributed by atoms with van der Waals surface area (Å²) in [6, 6.07) is 15.7. The van der Waals surface area contributed by atoms with Crippen molar-refractivity contribution in [2.45, 2.75) is 17.9 Å². The molecular weight excluding hydrogens is 336 g/mol. The SMILES string of the molecule is CC(=O)c1ccc(S(=O)(=O)N2CCN(C)C[C@@H]2c2ccccc2)cc1. The van der Waals surface area contributed by atoms with Crippen LogP contribution in [0.3, 0.4) is 0 Å². The second kappa shape index (κ2) is 7.07. The number of Topliss-reactive ketones (excluding diaryl/α,β-unsaturated/α-hetero) is 1. The van der Waals surface area contributed by atoms with Gasteiger partial charge in [0, 0.05) is 25.2 Å². The first-order valence-electron chi connectivity index (χ1n) is 8.26. The van der Waals surface area contributed by atoms with Crippen LogP contribution >= 0.6 is 0 Å². The summed E-state index contributed by atoms with van der Waals surface area (Å²) in [5.41, 5.74) is 1.50. The Bertz CT molecular complexity index is 848. The van der Waals surface area contributed by atoms with E-state index in [2.05, 4.69) is 4.90 Å². The molecule has 132 valence electrons. The van der Waals surface area contributed by atoms with E-state index < -0.39 is 10.0 Å². The summed E-state index contributed by atoms with van der Waals surface area (Å²) in [5, 5.41) is 0. The highest BCUT2D eigenvalue weighted by molar-refractivity contribution is 7.89. The fourth-order valence-corrected chi connectivity index (χ4v) is 4.73. The van der Waals surface area contributed by atoms with Gasteiger partial charge in [0.05, 0.1) is 10.9 Å². The van der Waals surface area contributed by atoms with Crippen LogP contribution in [0.4, 0.5) is 0 Å². The summed E-state index contributed by atoms with van der Waals surface area (Å²) < 4.78 is 27.9. The Kier molecular flexibility index (Phi) is 5.03. The molecule has 0 spiro atoms. The van der Waals surface area contributed by atoms with Crippen LogP contribution in [0.25, 0.3) is 0 Å². The van der Waals surface area contributed by atoms with Crippen LogP contribution < -0.4 is 0 Å². The Morgan fingerprint density at radius 2 is 1.64 bits per heavy atom. The molecule has 3 rings (SSSR count). The topological polar surface area (TPSA) is 57.7 Å². The zero-order valence-electron chi connectivity index (χ0n) is 14.4. The van der Waals surface area contributed by atoms with Crippen molar-refractivity contribution < 1.29 is 13.2 Å². The average Bonchev–Trinajstić information content (AvgIpc) is 2.62. The van der Waals surface area contributed by atoms with E-state index >= 15 is 0 Å². The molecule has 1 fully saturated rings. The van der Waals surface area contributed by atoms with Crippen LogP contribution in [0.1, 0.15) is 28.9 Å². The number of sulfonamides is 1. The van der Waals surface area contributed by atoms with Gasteiger partial charge in [-0.3, -0.25) is 4.79 Å². The van der Waals surface area contributed by atoms with Crippen LogP contribution in [0.15, 0.2) is 59.5 Å². The molecule has 2 aromatic rings. The van der Waals surface area contributed by atoms with Gasteiger partial charge in [-0.15, -0.1) is 0 Å². The van der Waals surface area contributed by atoms with Crippen molar-refractivity contribution >= 4 is 15.8 Å². The van der Waals surface area contributed by atoms with Crippen LogP contribution in [-0.2, 0) is 10.0 Å². The lowest BCUT2D eigenvalue weighted by atomic mass is 10.1. The van der Waals surface area contributed by atoms with Crippen LogP contribution in [0.5, 0.6) is 0 Å². The summed E-state index contributed by atoms with van der Waals surface area (Å²) in [7, 11) is -1.63. The highest BCUT2D eigenvalue weighted by Gasteiger charge is 2.36. The quantitative estimate of drug-likeness (QED) is 0.788. The molecular formula is C19H22N2O3S. The molecule has 1 atom stereocenters. The molecule has 2 aromatic carbocycles. The van der Waals surface area contributed by atoms with Crippen molar-refractivity contribution in [1.82, 2.24) is 9.21 Å². The Morgan fingerprint density at radius 3 is 2.24 bits per heavy atom. The monoisotopic (exact) mass is 358 g/mol. The van der Waals surface area contributed by atoms with Crippen LogP contribution in [0, 0.1) is 0 Å². The Balaban J connectivity index is 1.97. The fourth-order valence-electron chi connectivity index (χ4n) is 3.13. The lowest BCUT2D eigenvalue weighted by Crippen LogP contribution is -2.49. The van der Waals surface area contributed by atoms with Gasteiger partial charge in [0.1, 0.15) is 0 Å². The second-order valence-electron chi connectivity index (χ2n) is 6.39. The third-order valence-electron chi connectivity index (χ3n) is 4.59. The van der Waals surface area contributed by atoms with Gasteiger partial charge < -0.3 is 4.90 Å². The average molecular weight is 358 g/mol. The first-order valence-corrected chi connectivity index (χ1v) is 9.70.